The molecule has 0 aliphatic rings. The maximum atomic E-state index is 12.3. The molecular weight excluding hydrogens is 472 g/mol. The molecule has 16 heavy (non-hydrogen) atoms. The summed E-state index contributed by atoms with van der Waals surface area (Å²) in [4.78, 5) is 0. The Morgan fingerprint density at radius 1 is 1.25 bits per heavy atom. The summed E-state index contributed by atoms with van der Waals surface area (Å²) in [7, 11) is 0. The molecule has 0 unspecified atom stereocenters. The zero-order valence-electron chi connectivity index (χ0n) is 7.55. The molecule has 0 aromatic heterocycles. The van der Waals surface area contributed by atoms with Gasteiger partial charge in [-0.2, -0.15) is 13.2 Å². The van der Waals surface area contributed by atoms with Crippen molar-refractivity contribution in [3.8, 4) is 5.75 Å². The smallest absolute Gasteiger partial charge is 0.407 e. The topological polar surface area (TPSA) is 46.2 Å². The highest BCUT2D eigenvalue weighted by molar-refractivity contribution is 14.1. The van der Waals surface area contributed by atoms with E-state index in [0.717, 1.165) is 0 Å². The number of hydrogen-bond donors (Lipinski definition) is 2. The predicted octanol–water partition coefficient (Wildman–Crippen LogP) is 3.59. The normalized spacial score (nSPS) is 13.1. The lowest BCUT2D eigenvalue weighted by Gasteiger charge is -2.18. The van der Waals surface area contributed by atoms with Gasteiger partial charge in [0.05, 0.1) is 3.57 Å². The van der Waals surface area contributed by atoms with Gasteiger partial charge in [0, 0.05) is 9.13 Å². The van der Waals surface area contributed by atoms with E-state index in [0.29, 0.717) is 7.14 Å². The third-order valence-corrected chi connectivity index (χ3v) is 3.19. The first kappa shape index (κ1) is 16.5. The lowest BCUT2D eigenvalue weighted by molar-refractivity contribution is -0.149. The zero-order chi connectivity index (χ0) is 11.8. The zero-order valence-corrected chi connectivity index (χ0v) is 12.7. The van der Waals surface area contributed by atoms with Gasteiger partial charge in [-0.05, 0) is 57.3 Å². The third-order valence-electron chi connectivity index (χ3n) is 1.75. The van der Waals surface area contributed by atoms with E-state index < -0.39 is 18.0 Å². The van der Waals surface area contributed by atoms with Gasteiger partial charge in [0.15, 0.2) is 0 Å². The Balaban J connectivity index is 0.00000225. The van der Waals surface area contributed by atoms with Crippen LogP contribution in [-0.2, 0) is 0 Å². The van der Waals surface area contributed by atoms with Crippen LogP contribution in [-0.4, -0.2) is 11.3 Å². The molecule has 0 saturated carbocycles. The molecule has 0 aliphatic heterocycles. The highest BCUT2D eigenvalue weighted by Crippen LogP contribution is 2.37. The molecule has 1 atom stereocenters. The van der Waals surface area contributed by atoms with Gasteiger partial charge in [0.25, 0.3) is 0 Å². The largest absolute Gasteiger partial charge is 0.506 e. The highest BCUT2D eigenvalue weighted by Gasteiger charge is 2.39. The lowest BCUT2D eigenvalue weighted by atomic mass is 10.1. The van der Waals surface area contributed by atoms with Crippen molar-refractivity contribution in [3.63, 3.8) is 0 Å². The van der Waals surface area contributed by atoms with Crippen LogP contribution in [0.25, 0.3) is 0 Å². The van der Waals surface area contributed by atoms with Crippen molar-refractivity contribution in [1.82, 2.24) is 0 Å². The molecule has 0 amide bonds. The average Bonchev–Trinajstić information content (AvgIpc) is 2.08. The molecule has 0 heterocycles. The summed E-state index contributed by atoms with van der Waals surface area (Å²) in [6.45, 7) is 0. The Labute approximate surface area is 123 Å². The van der Waals surface area contributed by atoms with Gasteiger partial charge in [-0.15, -0.1) is 12.4 Å². The molecule has 3 N–H and O–H groups in total. The Hall–Kier alpha value is 0.520. The van der Waals surface area contributed by atoms with E-state index in [1.54, 1.807) is 28.7 Å². The average molecular weight is 479 g/mol. The third kappa shape index (κ3) is 3.77. The second-order valence-corrected chi connectivity index (χ2v) is 5.25. The first-order valence-corrected chi connectivity index (χ1v) is 5.89. The number of phenols is 1. The molecule has 1 aromatic rings. The number of phenolic OH excluding ortho intramolecular Hbond substituents is 1. The molecule has 92 valence electrons. The number of rotatable bonds is 1. The van der Waals surface area contributed by atoms with Crippen molar-refractivity contribution in [2.24, 2.45) is 5.73 Å². The van der Waals surface area contributed by atoms with Crippen molar-refractivity contribution in [1.29, 1.82) is 0 Å². The molecule has 0 aliphatic carbocycles. The van der Waals surface area contributed by atoms with E-state index >= 15 is 0 Å². The van der Waals surface area contributed by atoms with Crippen molar-refractivity contribution in [3.05, 3.63) is 24.8 Å². The van der Waals surface area contributed by atoms with Gasteiger partial charge in [-0.25, -0.2) is 0 Å². The van der Waals surface area contributed by atoms with Gasteiger partial charge in [-0.3, -0.25) is 0 Å². The molecule has 8 heteroatoms. The molecule has 1 rings (SSSR count). The minimum Gasteiger partial charge on any atom is -0.506 e. The van der Waals surface area contributed by atoms with Gasteiger partial charge in [0.1, 0.15) is 11.8 Å². The lowest BCUT2D eigenvalue weighted by Crippen LogP contribution is -2.28. The summed E-state index contributed by atoms with van der Waals surface area (Å²) in [6.07, 6.45) is -4.55. The number of hydrogen-bond acceptors (Lipinski definition) is 2. The number of aromatic hydroxyl groups is 1. The van der Waals surface area contributed by atoms with E-state index in [1.165, 1.54) is 6.07 Å². The number of halogens is 6. The molecule has 0 fully saturated rings. The first-order chi connectivity index (χ1) is 6.73. The minimum atomic E-state index is -4.55. The second kappa shape index (κ2) is 5.91. The maximum absolute atomic E-state index is 12.3. The molecule has 1 aromatic carbocycles. The second-order valence-electron chi connectivity index (χ2n) is 2.84. The fraction of sp³-hybridized carbons (Fsp3) is 0.250. The van der Waals surface area contributed by atoms with Crippen molar-refractivity contribution in [2.75, 3.05) is 0 Å². The van der Waals surface area contributed by atoms with Crippen LogP contribution < -0.4 is 5.73 Å². The van der Waals surface area contributed by atoms with E-state index in [9.17, 15) is 18.3 Å². The Bertz CT molecular complexity index is 386. The Kier molecular flexibility index (Phi) is 6.11. The summed E-state index contributed by atoms with van der Waals surface area (Å²) in [6, 6.07) is 0.653. The van der Waals surface area contributed by atoms with Gasteiger partial charge < -0.3 is 10.8 Å². The van der Waals surface area contributed by atoms with Crippen molar-refractivity contribution < 1.29 is 18.3 Å². The number of alkyl halides is 3. The molecule has 0 spiro atoms. The van der Waals surface area contributed by atoms with Crippen LogP contribution >= 0.6 is 57.6 Å². The van der Waals surface area contributed by atoms with Crippen LogP contribution in [0.15, 0.2) is 12.1 Å². The SMILES string of the molecule is Cl.N[C@H](c1cc(I)cc(I)c1O)C(F)(F)F. The minimum absolute atomic E-state index is 0. The maximum Gasteiger partial charge on any atom is 0.407 e. The number of benzene rings is 1. The standard InChI is InChI=1S/C8H6F3I2NO.ClH/c9-8(10,11)7(14)4-1-3(12)2-5(13)6(4)15;/h1-2,7,15H,14H2;1H/t7-;/m1./s1. The summed E-state index contributed by atoms with van der Waals surface area (Å²) < 4.78 is 38.0. The van der Waals surface area contributed by atoms with E-state index in [2.05, 4.69) is 0 Å². The van der Waals surface area contributed by atoms with Crippen molar-refractivity contribution in [2.45, 2.75) is 12.2 Å². The van der Waals surface area contributed by atoms with Gasteiger partial charge >= 0.3 is 6.18 Å². The summed E-state index contributed by atoms with van der Waals surface area (Å²) in [5, 5.41) is 9.46. The van der Waals surface area contributed by atoms with E-state index in [4.69, 9.17) is 5.73 Å². The van der Waals surface area contributed by atoms with Crippen LogP contribution in [0, 0.1) is 7.14 Å². The monoisotopic (exact) mass is 479 g/mol. The molecule has 0 bridgehead atoms. The highest BCUT2D eigenvalue weighted by atomic mass is 127. The van der Waals surface area contributed by atoms with Crippen LogP contribution in [0.4, 0.5) is 13.2 Å². The van der Waals surface area contributed by atoms with Crippen LogP contribution in [0.3, 0.4) is 0 Å². The van der Waals surface area contributed by atoms with E-state index in [-0.39, 0.29) is 18.0 Å². The molecule has 0 radical (unpaired) electrons. The number of nitrogens with two attached hydrogens (primary N) is 1. The molecule has 0 saturated heterocycles. The van der Waals surface area contributed by atoms with Crippen molar-refractivity contribution >= 4 is 57.6 Å². The van der Waals surface area contributed by atoms with Crippen LogP contribution in [0.1, 0.15) is 11.6 Å². The van der Waals surface area contributed by atoms with Crippen LogP contribution in [0.5, 0.6) is 5.75 Å². The van der Waals surface area contributed by atoms with E-state index in [1.807, 2.05) is 22.6 Å². The van der Waals surface area contributed by atoms with Crippen LogP contribution in [0.2, 0.25) is 0 Å². The molecular formula is C8H7ClF3I2NO. The summed E-state index contributed by atoms with van der Waals surface area (Å²) in [5.74, 6) is -0.402. The van der Waals surface area contributed by atoms with Gasteiger partial charge in [-0.1, -0.05) is 0 Å². The fourth-order valence-corrected chi connectivity index (χ4v) is 2.89. The van der Waals surface area contributed by atoms with Gasteiger partial charge in [0.2, 0.25) is 0 Å². The summed E-state index contributed by atoms with van der Waals surface area (Å²) in [5.41, 5.74) is 4.73. The summed E-state index contributed by atoms with van der Waals surface area (Å²) >= 11 is 3.63. The Morgan fingerprint density at radius 2 is 1.75 bits per heavy atom. The molecule has 2 nitrogen and oxygen atoms in total. The first-order valence-electron chi connectivity index (χ1n) is 3.73. The fourth-order valence-electron chi connectivity index (χ4n) is 0.999. The predicted molar refractivity (Wildman–Crippen MR) is 73.8 cm³/mol. The Morgan fingerprint density at radius 3 is 2.19 bits per heavy atom. The quantitative estimate of drug-likeness (QED) is 0.605.